The monoisotopic (exact) mass is 330 g/mol. The third-order valence-electron chi connectivity index (χ3n) is 3.92. The molecule has 1 saturated heterocycles. The molecule has 1 aliphatic rings. The number of ether oxygens (including phenoxy) is 1. The van der Waals surface area contributed by atoms with E-state index >= 15 is 0 Å². The quantitative estimate of drug-likeness (QED) is 0.655. The van der Waals surface area contributed by atoms with Crippen LogP contribution in [0.4, 0.5) is 11.4 Å². The Kier molecular flexibility index (Phi) is 5.35. The molecular weight excluding hydrogens is 312 g/mol. The molecule has 1 aromatic carbocycles. The number of hydrogen-bond acceptors (Lipinski definition) is 5. The molecule has 1 aromatic rings. The van der Waals surface area contributed by atoms with Gasteiger partial charge in [-0.25, -0.2) is 0 Å². The Morgan fingerprint density at radius 3 is 2.71 bits per heavy atom. The molecule has 116 valence electrons. The molecule has 0 aliphatic carbocycles. The normalized spacial score (nSPS) is 17.5. The molecule has 7 heteroatoms. The molecule has 0 atom stereocenters. The van der Waals surface area contributed by atoms with Gasteiger partial charge in [0, 0.05) is 36.1 Å². The van der Waals surface area contributed by atoms with Gasteiger partial charge >= 0.3 is 0 Å². The molecule has 1 fully saturated rings. The van der Waals surface area contributed by atoms with E-state index in [4.69, 9.17) is 16.3 Å². The summed E-state index contributed by atoms with van der Waals surface area (Å²) in [6.45, 7) is 4.04. The number of anilines is 1. The van der Waals surface area contributed by atoms with Crippen LogP contribution in [0.15, 0.2) is 12.1 Å². The minimum atomic E-state index is -0.410. The van der Waals surface area contributed by atoms with E-state index in [1.165, 1.54) is 6.07 Å². The summed E-state index contributed by atoms with van der Waals surface area (Å²) in [5, 5.41) is 14.6. The van der Waals surface area contributed by atoms with Crippen LogP contribution in [0.3, 0.4) is 0 Å². The van der Waals surface area contributed by atoms with Crippen LogP contribution >= 0.6 is 23.4 Å². The molecule has 0 spiro atoms. The van der Waals surface area contributed by atoms with E-state index in [-0.39, 0.29) is 10.4 Å². The minimum absolute atomic E-state index is 0.0520. The summed E-state index contributed by atoms with van der Waals surface area (Å²) in [5.74, 6) is 0. The molecule has 21 heavy (non-hydrogen) atoms. The number of rotatable bonds is 5. The summed E-state index contributed by atoms with van der Waals surface area (Å²) >= 11 is 7.99. The van der Waals surface area contributed by atoms with E-state index in [1.54, 1.807) is 13.0 Å². The van der Waals surface area contributed by atoms with Crippen molar-refractivity contribution in [3.8, 4) is 0 Å². The fraction of sp³-hybridized carbons (Fsp3) is 0.571. The summed E-state index contributed by atoms with van der Waals surface area (Å²) in [7, 11) is 0. The van der Waals surface area contributed by atoms with E-state index in [0.717, 1.165) is 38.3 Å². The number of benzene rings is 1. The Morgan fingerprint density at radius 2 is 2.14 bits per heavy atom. The number of thioether (sulfide) groups is 1. The first kappa shape index (κ1) is 16.4. The Balaban J connectivity index is 2.12. The molecule has 2 rings (SSSR count). The standard InChI is InChI=1S/C14H19ClN2O3S/c1-10-7-12(11(15)8-13(10)17(18)19)16-9-14(21-2)3-5-20-6-4-14/h7-8,16H,3-6,9H2,1-2H3. The number of hydrogen-bond donors (Lipinski definition) is 1. The van der Waals surface area contributed by atoms with Crippen molar-refractivity contribution in [2.75, 3.05) is 31.3 Å². The lowest BCUT2D eigenvalue weighted by molar-refractivity contribution is -0.385. The van der Waals surface area contributed by atoms with Gasteiger partial charge < -0.3 is 10.1 Å². The van der Waals surface area contributed by atoms with Crippen LogP contribution in [0, 0.1) is 17.0 Å². The average Bonchev–Trinajstić information content (AvgIpc) is 2.48. The number of nitrogens with zero attached hydrogens (tertiary/aromatic N) is 1. The fourth-order valence-corrected chi connectivity index (χ4v) is 3.47. The van der Waals surface area contributed by atoms with Crippen molar-refractivity contribution in [3.05, 3.63) is 32.8 Å². The van der Waals surface area contributed by atoms with Crippen LogP contribution in [0.1, 0.15) is 18.4 Å². The van der Waals surface area contributed by atoms with Crippen molar-refractivity contribution in [1.29, 1.82) is 0 Å². The van der Waals surface area contributed by atoms with E-state index in [9.17, 15) is 10.1 Å². The lowest BCUT2D eigenvalue weighted by Crippen LogP contribution is -2.39. The van der Waals surface area contributed by atoms with E-state index in [1.807, 2.05) is 11.8 Å². The van der Waals surface area contributed by atoms with E-state index in [0.29, 0.717) is 10.6 Å². The molecule has 0 radical (unpaired) electrons. The number of halogens is 1. The highest BCUT2D eigenvalue weighted by Crippen LogP contribution is 2.36. The molecule has 1 N–H and O–H groups in total. The second kappa shape index (κ2) is 6.85. The highest BCUT2D eigenvalue weighted by molar-refractivity contribution is 8.00. The lowest BCUT2D eigenvalue weighted by atomic mass is 9.99. The van der Waals surface area contributed by atoms with Gasteiger partial charge in [0.25, 0.3) is 5.69 Å². The van der Waals surface area contributed by atoms with Crippen LogP contribution in [0.25, 0.3) is 0 Å². The maximum Gasteiger partial charge on any atom is 0.273 e. The number of aryl methyl sites for hydroxylation is 1. The smallest absolute Gasteiger partial charge is 0.273 e. The first-order chi connectivity index (χ1) is 9.97. The van der Waals surface area contributed by atoms with Gasteiger partial charge in [0.1, 0.15) is 0 Å². The van der Waals surface area contributed by atoms with Crippen LogP contribution in [-0.2, 0) is 4.74 Å². The summed E-state index contributed by atoms with van der Waals surface area (Å²) < 4.78 is 5.56. The minimum Gasteiger partial charge on any atom is -0.382 e. The van der Waals surface area contributed by atoms with Crippen molar-refractivity contribution in [2.24, 2.45) is 0 Å². The average molecular weight is 331 g/mol. The lowest BCUT2D eigenvalue weighted by Gasteiger charge is -2.36. The third kappa shape index (κ3) is 3.81. The van der Waals surface area contributed by atoms with E-state index < -0.39 is 4.92 Å². The van der Waals surface area contributed by atoms with Gasteiger partial charge in [0.05, 0.1) is 15.6 Å². The molecule has 0 saturated carbocycles. The Bertz CT molecular complexity index is 533. The summed E-state index contributed by atoms with van der Waals surface area (Å²) in [5.41, 5.74) is 1.41. The predicted molar refractivity (Wildman–Crippen MR) is 87.6 cm³/mol. The van der Waals surface area contributed by atoms with Gasteiger partial charge in [-0.1, -0.05) is 11.6 Å². The zero-order valence-electron chi connectivity index (χ0n) is 12.1. The van der Waals surface area contributed by atoms with E-state index in [2.05, 4.69) is 11.6 Å². The maximum absolute atomic E-state index is 10.9. The number of nitro groups is 1. The van der Waals surface area contributed by atoms with Crippen LogP contribution < -0.4 is 5.32 Å². The molecular formula is C14H19ClN2O3S. The van der Waals surface area contributed by atoms with Gasteiger partial charge in [-0.3, -0.25) is 10.1 Å². The highest BCUT2D eigenvalue weighted by Gasteiger charge is 2.31. The molecule has 0 amide bonds. The highest BCUT2D eigenvalue weighted by atomic mass is 35.5. The maximum atomic E-state index is 10.9. The van der Waals surface area contributed by atoms with Crippen molar-refractivity contribution in [3.63, 3.8) is 0 Å². The van der Waals surface area contributed by atoms with Crippen molar-refractivity contribution in [1.82, 2.24) is 0 Å². The summed E-state index contributed by atoms with van der Waals surface area (Å²) in [6.07, 6.45) is 4.09. The van der Waals surface area contributed by atoms with Gasteiger partial charge in [0.2, 0.25) is 0 Å². The summed E-state index contributed by atoms with van der Waals surface area (Å²) in [6, 6.07) is 3.16. The molecule has 5 nitrogen and oxygen atoms in total. The molecule has 0 aromatic heterocycles. The summed E-state index contributed by atoms with van der Waals surface area (Å²) in [4.78, 5) is 10.5. The zero-order valence-corrected chi connectivity index (χ0v) is 13.7. The molecule has 1 heterocycles. The van der Waals surface area contributed by atoms with Gasteiger partial charge in [-0.2, -0.15) is 11.8 Å². The van der Waals surface area contributed by atoms with Gasteiger partial charge in [-0.15, -0.1) is 0 Å². The topological polar surface area (TPSA) is 64.4 Å². The Labute approximate surface area is 133 Å². The largest absolute Gasteiger partial charge is 0.382 e. The zero-order chi connectivity index (χ0) is 15.5. The van der Waals surface area contributed by atoms with Crippen molar-refractivity contribution >= 4 is 34.7 Å². The van der Waals surface area contributed by atoms with Crippen LogP contribution in [-0.4, -0.2) is 35.7 Å². The SMILES string of the molecule is CSC1(CNc2cc(C)c([N+](=O)[O-])cc2Cl)CCOCC1. The number of nitrogens with one attached hydrogen (secondary N) is 1. The first-order valence-electron chi connectivity index (χ1n) is 6.79. The molecule has 0 unspecified atom stereocenters. The molecule has 1 aliphatic heterocycles. The third-order valence-corrected chi connectivity index (χ3v) is 5.65. The predicted octanol–water partition coefficient (Wildman–Crippen LogP) is 3.88. The first-order valence-corrected chi connectivity index (χ1v) is 8.39. The Morgan fingerprint density at radius 1 is 1.48 bits per heavy atom. The van der Waals surface area contributed by atoms with Crippen LogP contribution in [0.2, 0.25) is 5.02 Å². The number of nitro benzene ring substituents is 1. The van der Waals surface area contributed by atoms with Crippen molar-refractivity contribution in [2.45, 2.75) is 24.5 Å². The Hall–Kier alpha value is -0.980. The second-order valence-corrected chi connectivity index (χ2v) is 6.91. The van der Waals surface area contributed by atoms with Gasteiger partial charge in [0.15, 0.2) is 0 Å². The second-order valence-electron chi connectivity index (χ2n) is 5.23. The van der Waals surface area contributed by atoms with Gasteiger partial charge in [-0.05, 0) is 32.1 Å². The molecule has 0 bridgehead atoms. The van der Waals surface area contributed by atoms with Crippen molar-refractivity contribution < 1.29 is 9.66 Å². The van der Waals surface area contributed by atoms with Crippen LogP contribution in [0.5, 0.6) is 0 Å². The fourth-order valence-electron chi connectivity index (χ4n) is 2.46.